The second-order valence-corrected chi connectivity index (χ2v) is 7.56. The van der Waals surface area contributed by atoms with Gasteiger partial charge in [0.15, 0.2) is 0 Å². The molecule has 5 heteroatoms. The lowest BCUT2D eigenvalue weighted by Gasteiger charge is -2.45. The van der Waals surface area contributed by atoms with Gasteiger partial charge in [-0.25, -0.2) is 0 Å². The summed E-state index contributed by atoms with van der Waals surface area (Å²) in [5.74, 6) is 1.17. The zero-order valence-electron chi connectivity index (χ0n) is 14.7. The van der Waals surface area contributed by atoms with Crippen LogP contribution in [0.5, 0.6) is 0 Å². The van der Waals surface area contributed by atoms with Crippen LogP contribution in [0.1, 0.15) is 31.2 Å². The number of aromatic nitrogens is 1. The van der Waals surface area contributed by atoms with E-state index in [4.69, 9.17) is 0 Å². The van der Waals surface area contributed by atoms with E-state index in [1.54, 1.807) is 0 Å². The molecule has 4 saturated heterocycles. The zero-order chi connectivity index (χ0) is 16.5. The third-order valence-corrected chi connectivity index (χ3v) is 6.07. The molecule has 0 saturated carbocycles. The van der Waals surface area contributed by atoms with E-state index in [0.29, 0.717) is 5.91 Å². The lowest BCUT2D eigenvalue weighted by atomic mass is 9.83. The Morgan fingerprint density at radius 1 is 1.12 bits per heavy atom. The van der Waals surface area contributed by atoms with Crippen LogP contribution in [0.3, 0.4) is 0 Å². The van der Waals surface area contributed by atoms with Gasteiger partial charge < -0.3 is 9.80 Å². The maximum absolute atomic E-state index is 13.1. The second-order valence-electron chi connectivity index (χ2n) is 7.56. The van der Waals surface area contributed by atoms with Gasteiger partial charge in [-0.1, -0.05) is 0 Å². The molecule has 1 aromatic heterocycles. The molecule has 1 aromatic rings. The van der Waals surface area contributed by atoms with Gasteiger partial charge in [0.2, 0.25) is 5.91 Å². The SMILES string of the molecule is Cc1cnccc1N1CCCN(C(=O)C2CC3CCN2CC3)CC1. The Bertz CT molecular complexity index is 597. The zero-order valence-corrected chi connectivity index (χ0v) is 14.7. The fraction of sp³-hybridized carbons (Fsp3) is 0.684. The summed E-state index contributed by atoms with van der Waals surface area (Å²) in [5.41, 5.74) is 2.48. The van der Waals surface area contributed by atoms with Gasteiger partial charge in [0, 0.05) is 44.3 Å². The molecular weight excluding hydrogens is 300 g/mol. The summed E-state index contributed by atoms with van der Waals surface area (Å²) in [6.45, 7) is 8.04. The highest BCUT2D eigenvalue weighted by molar-refractivity contribution is 5.82. The molecule has 0 N–H and O–H groups in total. The molecule has 1 amide bonds. The molecule has 4 aliphatic heterocycles. The van der Waals surface area contributed by atoms with Crippen LogP contribution in [0.2, 0.25) is 0 Å². The molecule has 5 heterocycles. The monoisotopic (exact) mass is 328 g/mol. The van der Waals surface area contributed by atoms with Gasteiger partial charge in [-0.3, -0.25) is 14.7 Å². The van der Waals surface area contributed by atoms with Crippen molar-refractivity contribution in [3.05, 3.63) is 24.0 Å². The van der Waals surface area contributed by atoms with Gasteiger partial charge in [0.25, 0.3) is 0 Å². The Balaban J connectivity index is 1.41. The minimum Gasteiger partial charge on any atom is -0.369 e. The second kappa shape index (κ2) is 6.71. The van der Waals surface area contributed by atoms with Crippen molar-refractivity contribution in [3.8, 4) is 0 Å². The molecule has 0 aromatic carbocycles. The highest BCUT2D eigenvalue weighted by Crippen LogP contribution is 2.32. The molecular formula is C19H28N4O. The van der Waals surface area contributed by atoms with Crippen molar-refractivity contribution in [2.75, 3.05) is 44.2 Å². The molecule has 4 aliphatic rings. The summed E-state index contributed by atoms with van der Waals surface area (Å²) in [6, 6.07) is 2.25. The van der Waals surface area contributed by atoms with E-state index in [-0.39, 0.29) is 6.04 Å². The van der Waals surface area contributed by atoms with Crippen LogP contribution in [0.15, 0.2) is 18.5 Å². The average molecular weight is 328 g/mol. The van der Waals surface area contributed by atoms with Crippen LogP contribution in [0.4, 0.5) is 5.69 Å². The van der Waals surface area contributed by atoms with Gasteiger partial charge in [-0.15, -0.1) is 0 Å². The smallest absolute Gasteiger partial charge is 0.239 e. The maximum atomic E-state index is 13.1. The van der Waals surface area contributed by atoms with Crippen LogP contribution < -0.4 is 4.90 Å². The van der Waals surface area contributed by atoms with Crippen LogP contribution in [0.25, 0.3) is 0 Å². The van der Waals surface area contributed by atoms with Crippen molar-refractivity contribution >= 4 is 11.6 Å². The largest absolute Gasteiger partial charge is 0.369 e. The highest BCUT2D eigenvalue weighted by Gasteiger charge is 2.39. The number of carbonyl (C=O) groups is 1. The minimum absolute atomic E-state index is 0.159. The van der Waals surface area contributed by atoms with Gasteiger partial charge in [0.05, 0.1) is 6.04 Å². The van der Waals surface area contributed by atoms with Crippen LogP contribution in [-0.2, 0) is 4.79 Å². The van der Waals surface area contributed by atoms with E-state index in [0.717, 1.165) is 58.0 Å². The Morgan fingerprint density at radius 3 is 2.67 bits per heavy atom. The van der Waals surface area contributed by atoms with Crippen molar-refractivity contribution in [1.29, 1.82) is 0 Å². The Labute approximate surface area is 144 Å². The number of fused-ring (bicyclic) bond motifs is 3. The van der Waals surface area contributed by atoms with Crippen LogP contribution >= 0.6 is 0 Å². The predicted octanol–water partition coefficient (Wildman–Crippen LogP) is 1.91. The lowest BCUT2D eigenvalue weighted by molar-refractivity contribution is -0.141. The molecule has 24 heavy (non-hydrogen) atoms. The normalized spacial score (nSPS) is 30.3. The molecule has 0 aliphatic carbocycles. The number of rotatable bonds is 2. The summed E-state index contributed by atoms with van der Waals surface area (Å²) in [4.78, 5) is 24.2. The molecule has 5 rings (SSSR count). The number of piperidine rings is 3. The predicted molar refractivity (Wildman–Crippen MR) is 95.1 cm³/mol. The van der Waals surface area contributed by atoms with Gasteiger partial charge in [0.1, 0.15) is 0 Å². The van der Waals surface area contributed by atoms with Gasteiger partial charge >= 0.3 is 0 Å². The fourth-order valence-electron chi connectivity index (χ4n) is 4.63. The lowest BCUT2D eigenvalue weighted by Crippen LogP contribution is -2.56. The Hall–Kier alpha value is -1.62. The molecule has 2 bridgehead atoms. The minimum atomic E-state index is 0.159. The topological polar surface area (TPSA) is 39.7 Å². The summed E-state index contributed by atoms with van der Waals surface area (Å²) < 4.78 is 0. The van der Waals surface area contributed by atoms with Crippen LogP contribution in [0, 0.1) is 12.8 Å². The summed E-state index contributed by atoms with van der Waals surface area (Å²) in [5, 5.41) is 0. The van der Waals surface area contributed by atoms with E-state index in [9.17, 15) is 4.79 Å². The number of nitrogens with zero attached hydrogens (tertiary/aromatic N) is 4. The number of anilines is 1. The molecule has 0 radical (unpaired) electrons. The number of aryl methyl sites for hydroxylation is 1. The first-order valence-corrected chi connectivity index (χ1v) is 9.41. The number of pyridine rings is 1. The number of hydrogen-bond donors (Lipinski definition) is 0. The first-order chi connectivity index (χ1) is 11.7. The van der Waals surface area contributed by atoms with E-state index in [1.807, 2.05) is 12.4 Å². The standard InChI is InChI=1S/C19H28N4O/c1-15-14-20-6-3-17(15)21-7-2-8-23(12-11-21)19(24)18-13-16-4-9-22(18)10-5-16/h3,6,14,16,18H,2,4-5,7-13H2,1H3. The summed E-state index contributed by atoms with van der Waals surface area (Å²) in [6.07, 6.45) is 8.50. The number of hydrogen-bond acceptors (Lipinski definition) is 4. The molecule has 0 spiro atoms. The molecule has 1 unspecified atom stereocenters. The number of amides is 1. The third kappa shape index (κ3) is 3.02. The van der Waals surface area contributed by atoms with Crippen LogP contribution in [-0.4, -0.2) is 66.0 Å². The molecule has 4 fully saturated rings. The first kappa shape index (κ1) is 15.9. The average Bonchev–Trinajstić information content (AvgIpc) is 2.88. The molecule has 130 valence electrons. The fourth-order valence-corrected chi connectivity index (χ4v) is 4.63. The van der Waals surface area contributed by atoms with E-state index >= 15 is 0 Å². The Kier molecular flexibility index (Phi) is 4.44. The maximum Gasteiger partial charge on any atom is 0.239 e. The van der Waals surface area contributed by atoms with Crippen molar-refractivity contribution in [2.45, 2.75) is 38.6 Å². The van der Waals surface area contributed by atoms with Crippen molar-refractivity contribution in [3.63, 3.8) is 0 Å². The molecule has 1 atom stereocenters. The molecule has 5 nitrogen and oxygen atoms in total. The van der Waals surface area contributed by atoms with Crippen molar-refractivity contribution in [1.82, 2.24) is 14.8 Å². The summed E-state index contributed by atoms with van der Waals surface area (Å²) in [7, 11) is 0. The van der Waals surface area contributed by atoms with Gasteiger partial charge in [-0.05, 0) is 63.2 Å². The third-order valence-electron chi connectivity index (χ3n) is 6.07. The Morgan fingerprint density at radius 2 is 1.96 bits per heavy atom. The van der Waals surface area contributed by atoms with E-state index in [2.05, 4.69) is 32.7 Å². The quantitative estimate of drug-likeness (QED) is 0.831. The number of carbonyl (C=O) groups excluding carboxylic acids is 1. The summed E-state index contributed by atoms with van der Waals surface area (Å²) >= 11 is 0. The van der Waals surface area contributed by atoms with E-state index in [1.165, 1.54) is 24.1 Å². The highest BCUT2D eigenvalue weighted by atomic mass is 16.2. The van der Waals surface area contributed by atoms with E-state index < -0.39 is 0 Å². The van der Waals surface area contributed by atoms with Crippen molar-refractivity contribution in [2.24, 2.45) is 5.92 Å². The first-order valence-electron chi connectivity index (χ1n) is 9.41. The van der Waals surface area contributed by atoms with Gasteiger partial charge in [-0.2, -0.15) is 0 Å². The van der Waals surface area contributed by atoms with Crippen molar-refractivity contribution < 1.29 is 4.79 Å².